The van der Waals surface area contributed by atoms with Gasteiger partial charge >= 0.3 is 0 Å². The van der Waals surface area contributed by atoms with E-state index in [1.165, 1.54) is 27.8 Å². The molecule has 0 aromatic heterocycles. The first-order valence-electron chi connectivity index (χ1n) is 6.53. The SMILES string of the molecule is CNC(c1cc(C)cc(Br)c1)c1ccc(C)c(C)c1. The maximum absolute atomic E-state index is 3.58. The summed E-state index contributed by atoms with van der Waals surface area (Å²) >= 11 is 3.58. The second kappa shape index (κ2) is 5.89. The topological polar surface area (TPSA) is 12.0 Å². The van der Waals surface area contributed by atoms with Crippen LogP contribution in [0.4, 0.5) is 0 Å². The Kier molecular flexibility index (Phi) is 4.43. The Bertz CT molecular complexity index is 570. The van der Waals surface area contributed by atoms with Gasteiger partial charge in [0.1, 0.15) is 0 Å². The van der Waals surface area contributed by atoms with Gasteiger partial charge in [0.15, 0.2) is 0 Å². The molecule has 19 heavy (non-hydrogen) atoms. The van der Waals surface area contributed by atoms with E-state index < -0.39 is 0 Å². The summed E-state index contributed by atoms with van der Waals surface area (Å²) in [5.41, 5.74) is 6.54. The van der Waals surface area contributed by atoms with Gasteiger partial charge in [0, 0.05) is 4.47 Å². The lowest BCUT2D eigenvalue weighted by molar-refractivity contribution is 0.690. The van der Waals surface area contributed by atoms with E-state index in [0.717, 1.165) is 4.47 Å². The van der Waals surface area contributed by atoms with Gasteiger partial charge in [-0.25, -0.2) is 0 Å². The lowest BCUT2D eigenvalue weighted by atomic mass is 9.95. The van der Waals surface area contributed by atoms with Crippen molar-refractivity contribution in [2.24, 2.45) is 0 Å². The number of aryl methyl sites for hydroxylation is 3. The molecule has 0 amide bonds. The molecule has 0 fully saturated rings. The maximum Gasteiger partial charge on any atom is 0.0574 e. The fraction of sp³-hybridized carbons (Fsp3) is 0.294. The molecule has 0 aliphatic carbocycles. The third-order valence-corrected chi connectivity index (χ3v) is 4.01. The van der Waals surface area contributed by atoms with E-state index in [0.29, 0.717) is 0 Å². The second-order valence-electron chi connectivity index (χ2n) is 5.13. The summed E-state index contributed by atoms with van der Waals surface area (Å²) < 4.78 is 1.13. The van der Waals surface area contributed by atoms with Crippen molar-refractivity contribution < 1.29 is 0 Å². The summed E-state index contributed by atoms with van der Waals surface area (Å²) in [7, 11) is 2.01. The van der Waals surface area contributed by atoms with Crippen LogP contribution in [0.2, 0.25) is 0 Å². The van der Waals surface area contributed by atoms with Gasteiger partial charge in [0.2, 0.25) is 0 Å². The normalized spacial score (nSPS) is 12.5. The molecular formula is C17H20BrN. The number of nitrogens with one attached hydrogen (secondary N) is 1. The van der Waals surface area contributed by atoms with Gasteiger partial charge in [-0.1, -0.05) is 40.2 Å². The molecular weight excluding hydrogens is 298 g/mol. The van der Waals surface area contributed by atoms with E-state index >= 15 is 0 Å². The van der Waals surface area contributed by atoms with Crippen molar-refractivity contribution in [2.45, 2.75) is 26.8 Å². The predicted molar refractivity (Wildman–Crippen MR) is 85.7 cm³/mol. The molecule has 0 heterocycles. The van der Waals surface area contributed by atoms with E-state index in [1.807, 2.05) is 7.05 Å². The van der Waals surface area contributed by atoms with Crippen LogP contribution in [0.15, 0.2) is 40.9 Å². The summed E-state index contributed by atoms with van der Waals surface area (Å²) in [6.07, 6.45) is 0. The highest BCUT2D eigenvalue weighted by Crippen LogP contribution is 2.27. The molecule has 2 aromatic carbocycles. The molecule has 2 heteroatoms. The summed E-state index contributed by atoms with van der Waals surface area (Å²) in [5.74, 6) is 0. The quantitative estimate of drug-likeness (QED) is 0.866. The highest BCUT2D eigenvalue weighted by atomic mass is 79.9. The van der Waals surface area contributed by atoms with Crippen LogP contribution in [-0.4, -0.2) is 7.05 Å². The van der Waals surface area contributed by atoms with Crippen LogP contribution in [0.25, 0.3) is 0 Å². The Morgan fingerprint density at radius 1 is 0.895 bits per heavy atom. The summed E-state index contributed by atoms with van der Waals surface area (Å²) in [5, 5.41) is 3.41. The summed E-state index contributed by atoms with van der Waals surface area (Å²) in [6.45, 7) is 6.44. The van der Waals surface area contributed by atoms with Crippen LogP contribution in [0, 0.1) is 20.8 Å². The number of hydrogen-bond acceptors (Lipinski definition) is 1. The maximum atomic E-state index is 3.58. The van der Waals surface area contributed by atoms with Crippen LogP contribution >= 0.6 is 15.9 Å². The molecule has 2 aromatic rings. The van der Waals surface area contributed by atoms with Crippen LogP contribution in [0.1, 0.15) is 33.9 Å². The molecule has 0 aliphatic heterocycles. The van der Waals surface area contributed by atoms with Crippen molar-refractivity contribution in [1.82, 2.24) is 5.32 Å². The Hall–Kier alpha value is -1.12. The zero-order valence-electron chi connectivity index (χ0n) is 11.9. The molecule has 0 saturated heterocycles. The first kappa shape index (κ1) is 14.3. The first-order chi connectivity index (χ1) is 9.01. The van der Waals surface area contributed by atoms with Gasteiger partial charge in [0.25, 0.3) is 0 Å². The van der Waals surface area contributed by atoms with Crippen molar-refractivity contribution in [3.8, 4) is 0 Å². The average Bonchev–Trinajstić information content (AvgIpc) is 2.33. The highest BCUT2D eigenvalue weighted by molar-refractivity contribution is 9.10. The minimum Gasteiger partial charge on any atom is -0.309 e. The smallest absolute Gasteiger partial charge is 0.0574 e. The van der Waals surface area contributed by atoms with Gasteiger partial charge in [-0.3, -0.25) is 0 Å². The fourth-order valence-corrected chi connectivity index (χ4v) is 3.03. The zero-order chi connectivity index (χ0) is 14.0. The second-order valence-corrected chi connectivity index (χ2v) is 6.04. The molecule has 0 spiro atoms. The molecule has 0 saturated carbocycles. The molecule has 0 aliphatic rings. The van der Waals surface area contributed by atoms with Gasteiger partial charge < -0.3 is 5.32 Å². The van der Waals surface area contributed by atoms with Crippen LogP contribution < -0.4 is 5.32 Å². The van der Waals surface area contributed by atoms with Crippen molar-refractivity contribution >= 4 is 15.9 Å². The Labute approximate surface area is 124 Å². The van der Waals surface area contributed by atoms with Gasteiger partial charge in [-0.2, -0.15) is 0 Å². The first-order valence-corrected chi connectivity index (χ1v) is 7.32. The molecule has 1 atom stereocenters. The third kappa shape index (κ3) is 3.26. The number of benzene rings is 2. The minimum atomic E-state index is 0.232. The Balaban J connectivity index is 2.46. The zero-order valence-corrected chi connectivity index (χ0v) is 13.5. The largest absolute Gasteiger partial charge is 0.309 e. The number of halogens is 1. The van der Waals surface area contributed by atoms with Crippen molar-refractivity contribution in [3.63, 3.8) is 0 Å². The Morgan fingerprint density at radius 2 is 1.63 bits per heavy atom. The molecule has 0 radical (unpaired) electrons. The molecule has 1 N–H and O–H groups in total. The molecule has 100 valence electrons. The molecule has 1 nitrogen and oxygen atoms in total. The van der Waals surface area contributed by atoms with E-state index in [1.54, 1.807) is 0 Å². The van der Waals surface area contributed by atoms with Gasteiger partial charge in [0.05, 0.1) is 6.04 Å². The van der Waals surface area contributed by atoms with Crippen LogP contribution in [0.3, 0.4) is 0 Å². The van der Waals surface area contributed by atoms with E-state index in [2.05, 4.69) is 78.4 Å². The van der Waals surface area contributed by atoms with Crippen molar-refractivity contribution in [3.05, 3.63) is 68.7 Å². The van der Waals surface area contributed by atoms with Gasteiger partial charge in [-0.05, 0) is 67.8 Å². The lowest BCUT2D eigenvalue weighted by Gasteiger charge is -2.19. The van der Waals surface area contributed by atoms with E-state index in [4.69, 9.17) is 0 Å². The number of hydrogen-bond donors (Lipinski definition) is 1. The summed E-state index contributed by atoms with van der Waals surface area (Å²) in [6, 6.07) is 13.5. The minimum absolute atomic E-state index is 0.232. The van der Waals surface area contributed by atoms with Gasteiger partial charge in [-0.15, -0.1) is 0 Å². The molecule has 0 bridgehead atoms. The average molecular weight is 318 g/mol. The van der Waals surface area contributed by atoms with E-state index in [9.17, 15) is 0 Å². The van der Waals surface area contributed by atoms with E-state index in [-0.39, 0.29) is 6.04 Å². The van der Waals surface area contributed by atoms with Crippen molar-refractivity contribution in [1.29, 1.82) is 0 Å². The Morgan fingerprint density at radius 3 is 2.21 bits per heavy atom. The summed E-state index contributed by atoms with van der Waals surface area (Å²) in [4.78, 5) is 0. The van der Waals surface area contributed by atoms with Crippen molar-refractivity contribution in [2.75, 3.05) is 7.05 Å². The number of rotatable bonds is 3. The standard InChI is InChI=1S/C17H20BrN/c1-11-7-15(10-16(18)8-11)17(19-4)14-6-5-12(2)13(3)9-14/h5-10,17,19H,1-4H3. The highest BCUT2D eigenvalue weighted by Gasteiger charge is 2.13. The van der Waals surface area contributed by atoms with Crippen LogP contribution in [-0.2, 0) is 0 Å². The monoisotopic (exact) mass is 317 g/mol. The third-order valence-electron chi connectivity index (χ3n) is 3.55. The molecule has 1 unspecified atom stereocenters. The molecule has 2 rings (SSSR count). The predicted octanol–water partition coefficient (Wildman–Crippen LogP) is 4.68. The fourth-order valence-electron chi connectivity index (χ4n) is 2.40. The lowest BCUT2D eigenvalue weighted by Crippen LogP contribution is -2.18. The van der Waals surface area contributed by atoms with Crippen LogP contribution in [0.5, 0.6) is 0 Å².